The minimum Gasteiger partial charge on any atom is -0.355 e. The lowest BCUT2D eigenvalue weighted by Gasteiger charge is -2.09. The molecule has 0 fully saturated rings. The van der Waals surface area contributed by atoms with E-state index in [1.54, 1.807) is 6.07 Å². The number of halogens is 2. The van der Waals surface area contributed by atoms with Crippen LogP contribution in [0.25, 0.3) is 60.4 Å². The van der Waals surface area contributed by atoms with E-state index in [1.165, 1.54) is 16.8 Å². The molecule has 2 nitrogen and oxygen atoms in total. The predicted octanol–water partition coefficient (Wildman–Crippen LogP) is 8.83. The highest BCUT2D eigenvalue weighted by molar-refractivity contribution is 14.1. The second-order valence-corrected chi connectivity index (χ2v) is 9.89. The molecule has 2 aromatic heterocycles. The monoisotopic (exact) mass is 552 g/mol. The maximum Gasteiger partial charge on any atom is 0.123 e. The Kier molecular flexibility index (Phi) is 4.33. The van der Waals surface area contributed by atoms with Crippen LogP contribution in [0.1, 0.15) is 0 Å². The first-order valence-electron chi connectivity index (χ1n) is 11.2. The van der Waals surface area contributed by atoms with Gasteiger partial charge in [0.25, 0.3) is 0 Å². The summed E-state index contributed by atoms with van der Waals surface area (Å²) in [6, 6.07) is 34.9. The molecule has 7 rings (SSSR count). The molecule has 0 bridgehead atoms. The molecule has 34 heavy (non-hydrogen) atoms. The maximum absolute atomic E-state index is 14.3. The van der Waals surface area contributed by atoms with E-state index in [9.17, 15) is 4.39 Å². The number of aromatic nitrogens is 2. The lowest BCUT2D eigenvalue weighted by molar-refractivity contribution is 0.629. The number of aromatic amines is 1. The lowest BCUT2D eigenvalue weighted by atomic mass is 10.0. The van der Waals surface area contributed by atoms with Crippen LogP contribution in [0, 0.1) is 9.39 Å². The summed E-state index contributed by atoms with van der Waals surface area (Å²) >= 11 is 2.33. The smallest absolute Gasteiger partial charge is 0.123 e. The first-order chi connectivity index (χ1) is 16.7. The van der Waals surface area contributed by atoms with E-state index < -0.39 is 0 Å². The fourth-order valence-corrected chi connectivity index (χ4v) is 5.62. The van der Waals surface area contributed by atoms with E-state index in [0.717, 1.165) is 53.2 Å². The van der Waals surface area contributed by atoms with Crippen molar-refractivity contribution in [3.05, 3.63) is 113 Å². The molecular formula is C30H18FIN2. The van der Waals surface area contributed by atoms with E-state index in [2.05, 4.69) is 117 Å². The molecule has 0 unspecified atom stereocenters. The Morgan fingerprint density at radius 1 is 0.588 bits per heavy atom. The van der Waals surface area contributed by atoms with Gasteiger partial charge in [-0.2, -0.15) is 0 Å². The number of H-pyrrole nitrogens is 1. The second kappa shape index (κ2) is 7.43. The Hall–Kier alpha value is -3.64. The van der Waals surface area contributed by atoms with Gasteiger partial charge in [-0.25, -0.2) is 4.39 Å². The zero-order chi connectivity index (χ0) is 22.8. The molecule has 0 saturated carbocycles. The third-order valence-electron chi connectivity index (χ3n) is 6.63. The number of nitrogens with one attached hydrogen (secondary N) is 1. The Bertz CT molecular complexity index is 1890. The van der Waals surface area contributed by atoms with Gasteiger partial charge in [-0.1, -0.05) is 36.4 Å². The largest absolute Gasteiger partial charge is 0.355 e. The molecule has 0 amide bonds. The minimum atomic E-state index is -0.222. The molecule has 0 atom stereocenters. The van der Waals surface area contributed by atoms with Crippen LogP contribution >= 0.6 is 22.6 Å². The quantitative estimate of drug-likeness (QED) is 0.207. The van der Waals surface area contributed by atoms with Gasteiger partial charge in [-0.3, -0.25) is 0 Å². The summed E-state index contributed by atoms with van der Waals surface area (Å²) in [6.45, 7) is 0. The van der Waals surface area contributed by atoms with E-state index >= 15 is 0 Å². The molecule has 0 aliphatic carbocycles. The van der Waals surface area contributed by atoms with E-state index in [4.69, 9.17) is 0 Å². The van der Waals surface area contributed by atoms with Crippen molar-refractivity contribution in [3.8, 4) is 16.8 Å². The summed E-state index contributed by atoms with van der Waals surface area (Å²) in [7, 11) is 0. The van der Waals surface area contributed by atoms with Crippen LogP contribution in [0.4, 0.5) is 4.39 Å². The van der Waals surface area contributed by atoms with Crippen LogP contribution in [0.3, 0.4) is 0 Å². The number of hydrogen-bond acceptors (Lipinski definition) is 0. The summed E-state index contributed by atoms with van der Waals surface area (Å²) in [5.74, 6) is -0.222. The van der Waals surface area contributed by atoms with Gasteiger partial charge in [0.05, 0.1) is 11.0 Å². The van der Waals surface area contributed by atoms with Gasteiger partial charge in [-0.05, 0) is 100 Å². The van der Waals surface area contributed by atoms with Crippen LogP contribution in [0.5, 0.6) is 0 Å². The van der Waals surface area contributed by atoms with Gasteiger partial charge < -0.3 is 9.55 Å². The van der Waals surface area contributed by atoms with Gasteiger partial charge in [-0.15, -0.1) is 0 Å². The van der Waals surface area contributed by atoms with Crippen LogP contribution < -0.4 is 0 Å². The molecule has 4 heteroatoms. The van der Waals surface area contributed by atoms with E-state index in [-0.39, 0.29) is 5.82 Å². The zero-order valence-electron chi connectivity index (χ0n) is 18.0. The molecule has 1 N–H and O–H groups in total. The van der Waals surface area contributed by atoms with E-state index in [0.29, 0.717) is 0 Å². The van der Waals surface area contributed by atoms with Gasteiger partial charge in [0.15, 0.2) is 0 Å². The summed E-state index contributed by atoms with van der Waals surface area (Å²) in [5.41, 5.74) is 7.68. The lowest BCUT2D eigenvalue weighted by Crippen LogP contribution is -1.94. The summed E-state index contributed by atoms with van der Waals surface area (Å²) in [5, 5.41) is 4.40. The maximum atomic E-state index is 14.3. The Labute approximate surface area is 208 Å². The van der Waals surface area contributed by atoms with Crippen molar-refractivity contribution in [2.24, 2.45) is 0 Å². The van der Waals surface area contributed by atoms with Crippen LogP contribution in [-0.2, 0) is 0 Å². The van der Waals surface area contributed by atoms with Crippen molar-refractivity contribution in [2.45, 2.75) is 0 Å². The van der Waals surface area contributed by atoms with Crippen molar-refractivity contribution in [1.82, 2.24) is 9.55 Å². The van der Waals surface area contributed by atoms with Gasteiger partial charge in [0.2, 0.25) is 0 Å². The normalized spacial score (nSPS) is 11.8. The van der Waals surface area contributed by atoms with Crippen LogP contribution in [-0.4, -0.2) is 9.55 Å². The first kappa shape index (κ1) is 19.8. The highest BCUT2D eigenvalue weighted by Crippen LogP contribution is 2.37. The van der Waals surface area contributed by atoms with Crippen LogP contribution in [0.2, 0.25) is 0 Å². The van der Waals surface area contributed by atoms with Gasteiger partial charge >= 0.3 is 0 Å². The minimum absolute atomic E-state index is 0.222. The summed E-state index contributed by atoms with van der Waals surface area (Å²) in [6.07, 6.45) is 0. The number of rotatable bonds is 2. The van der Waals surface area contributed by atoms with Crippen molar-refractivity contribution in [1.29, 1.82) is 0 Å². The molecule has 2 heterocycles. The van der Waals surface area contributed by atoms with Crippen molar-refractivity contribution >= 4 is 66.2 Å². The molecule has 0 saturated heterocycles. The Morgan fingerprint density at radius 3 is 2.15 bits per heavy atom. The standard InChI is InChI=1S/C30H18FIN2/c31-20-10-13-30-26(16-20)25-15-19(9-12-29(25)34(30)22-5-3-4-21(32)17-22)18-8-11-28-24(14-18)23-6-1-2-7-27(23)33-28/h1-17,33H. The predicted molar refractivity (Wildman–Crippen MR) is 148 cm³/mol. The molecule has 162 valence electrons. The third kappa shape index (κ3) is 2.98. The molecule has 5 aromatic carbocycles. The van der Waals surface area contributed by atoms with Crippen LogP contribution in [0.15, 0.2) is 103 Å². The van der Waals surface area contributed by atoms with Gasteiger partial charge in [0, 0.05) is 41.8 Å². The summed E-state index contributed by atoms with van der Waals surface area (Å²) in [4.78, 5) is 3.50. The van der Waals surface area contributed by atoms with Crippen molar-refractivity contribution in [2.75, 3.05) is 0 Å². The highest BCUT2D eigenvalue weighted by Gasteiger charge is 2.15. The average molecular weight is 552 g/mol. The average Bonchev–Trinajstić information content (AvgIpc) is 3.38. The SMILES string of the molecule is Fc1ccc2c(c1)c1cc(-c3ccc4[nH]c5ccccc5c4c3)ccc1n2-c1cccc(I)c1. The Balaban J connectivity index is 1.49. The number of hydrogen-bond donors (Lipinski definition) is 1. The highest BCUT2D eigenvalue weighted by atomic mass is 127. The first-order valence-corrected chi connectivity index (χ1v) is 12.2. The number of para-hydroxylation sites is 1. The number of nitrogens with zero attached hydrogens (tertiary/aromatic N) is 1. The molecule has 0 spiro atoms. The van der Waals surface area contributed by atoms with Crippen molar-refractivity contribution < 1.29 is 4.39 Å². The molecule has 0 aliphatic heterocycles. The Morgan fingerprint density at radius 2 is 1.29 bits per heavy atom. The fraction of sp³-hybridized carbons (Fsp3) is 0. The van der Waals surface area contributed by atoms with E-state index in [1.807, 2.05) is 6.07 Å². The molecule has 0 radical (unpaired) electrons. The molecular weight excluding hydrogens is 534 g/mol. The fourth-order valence-electron chi connectivity index (χ4n) is 5.10. The number of fused-ring (bicyclic) bond motifs is 6. The second-order valence-electron chi connectivity index (χ2n) is 8.64. The van der Waals surface area contributed by atoms with Gasteiger partial charge in [0.1, 0.15) is 5.82 Å². The zero-order valence-corrected chi connectivity index (χ0v) is 20.2. The number of benzene rings is 5. The molecule has 7 aromatic rings. The molecule has 0 aliphatic rings. The summed E-state index contributed by atoms with van der Waals surface area (Å²) < 4.78 is 17.7. The third-order valence-corrected chi connectivity index (χ3v) is 7.30. The van der Waals surface area contributed by atoms with Crippen molar-refractivity contribution in [3.63, 3.8) is 0 Å². The topological polar surface area (TPSA) is 20.7 Å².